The Bertz CT molecular complexity index is 937. The molecule has 0 radical (unpaired) electrons. The van der Waals surface area contributed by atoms with Gasteiger partial charge in [-0.1, -0.05) is 13.0 Å². The van der Waals surface area contributed by atoms with Crippen molar-refractivity contribution in [1.29, 1.82) is 0 Å². The number of benzene rings is 1. The molecule has 0 spiro atoms. The maximum Gasteiger partial charge on any atom is 0.287 e. The lowest BCUT2D eigenvalue weighted by atomic mass is 10.1. The van der Waals surface area contributed by atoms with E-state index in [1.54, 1.807) is 0 Å². The van der Waals surface area contributed by atoms with Gasteiger partial charge in [-0.05, 0) is 50.3 Å². The molecule has 8 nitrogen and oxygen atoms in total. The number of aromatic nitrogens is 2. The smallest absolute Gasteiger partial charge is 0.287 e. The zero-order chi connectivity index (χ0) is 20.4. The van der Waals surface area contributed by atoms with Crippen molar-refractivity contribution < 1.29 is 19.1 Å². The average molecular weight is 398 g/mol. The van der Waals surface area contributed by atoms with Crippen molar-refractivity contribution in [2.45, 2.75) is 58.7 Å². The fourth-order valence-corrected chi connectivity index (χ4v) is 3.60. The van der Waals surface area contributed by atoms with Crippen molar-refractivity contribution in [3.8, 4) is 11.5 Å². The summed E-state index contributed by atoms with van der Waals surface area (Å²) in [5, 5.41) is 5.87. The summed E-state index contributed by atoms with van der Waals surface area (Å²) in [5.74, 6) is 1.20. The Morgan fingerprint density at radius 3 is 2.86 bits per heavy atom. The van der Waals surface area contributed by atoms with Gasteiger partial charge in [0.05, 0.1) is 5.69 Å². The SMILES string of the molecule is CCC(C)NC(=O)c1nc(C(=O)NCc2ccc3c(c2)OCO3)n2c1CCCC2. The van der Waals surface area contributed by atoms with Gasteiger partial charge in [0.2, 0.25) is 6.79 Å². The van der Waals surface area contributed by atoms with Crippen LogP contribution in [0.25, 0.3) is 0 Å². The molecule has 4 rings (SSSR count). The van der Waals surface area contributed by atoms with Crippen molar-refractivity contribution >= 4 is 11.8 Å². The number of hydrogen-bond acceptors (Lipinski definition) is 5. The Morgan fingerprint density at radius 2 is 2.03 bits per heavy atom. The number of amides is 2. The standard InChI is InChI=1S/C21H26N4O4/c1-3-13(2)23-20(26)18-15-6-4-5-9-25(15)19(24-18)21(27)22-11-14-7-8-16-17(10-14)29-12-28-16/h7-8,10,13H,3-6,9,11-12H2,1-2H3,(H,22,27)(H,23,26). The van der Waals surface area contributed by atoms with E-state index in [0.717, 1.165) is 36.9 Å². The Balaban J connectivity index is 1.51. The average Bonchev–Trinajstić information content (AvgIpc) is 3.36. The minimum atomic E-state index is -0.284. The molecule has 2 aromatic rings. The predicted octanol–water partition coefficient (Wildman–Crippen LogP) is 2.41. The monoisotopic (exact) mass is 398 g/mol. The van der Waals surface area contributed by atoms with Crippen molar-refractivity contribution in [2.24, 2.45) is 0 Å². The van der Waals surface area contributed by atoms with Gasteiger partial charge in [0.1, 0.15) is 5.69 Å². The third-order valence-electron chi connectivity index (χ3n) is 5.42. The van der Waals surface area contributed by atoms with E-state index in [4.69, 9.17) is 9.47 Å². The fraction of sp³-hybridized carbons (Fsp3) is 0.476. The molecule has 2 aliphatic heterocycles. The Labute approximate surface area is 169 Å². The third kappa shape index (κ3) is 3.92. The molecule has 3 heterocycles. The molecule has 29 heavy (non-hydrogen) atoms. The van der Waals surface area contributed by atoms with E-state index >= 15 is 0 Å². The van der Waals surface area contributed by atoms with Crippen LogP contribution in [0.15, 0.2) is 18.2 Å². The van der Waals surface area contributed by atoms with Gasteiger partial charge in [0.15, 0.2) is 17.3 Å². The highest BCUT2D eigenvalue weighted by molar-refractivity contribution is 5.97. The minimum absolute atomic E-state index is 0.0618. The zero-order valence-electron chi connectivity index (χ0n) is 16.8. The Kier molecular flexibility index (Phi) is 5.42. The topological polar surface area (TPSA) is 94.5 Å². The molecule has 0 saturated heterocycles. The van der Waals surface area contributed by atoms with Crippen molar-refractivity contribution in [3.05, 3.63) is 41.0 Å². The molecule has 0 bridgehead atoms. The van der Waals surface area contributed by atoms with Crippen LogP contribution in [0.4, 0.5) is 0 Å². The second-order valence-electron chi connectivity index (χ2n) is 7.49. The quantitative estimate of drug-likeness (QED) is 0.779. The van der Waals surface area contributed by atoms with Crippen LogP contribution in [0.2, 0.25) is 0 Å². The maximum absolute atomic E-state index is 12.9. The normalized spacial score (nSPS) is 15.5. The van der Waals surface area contributed by atoms with E-state index in [0.29, 0.717) is 36.1 Å². The van der Waals surface area contributed by atoms with Crippen LogP contribution in [0, 0.1) is 0 Å². The first-order valence-electron chi connectivity index (χ1n) is 10.1. The van der Waals surface area contributed by atoms with Gasteiger partial charge in [-0.25, -0.2) is 4.98 Å². The van der Waals surface area contributed by atoms with E-state index in [9.17, 15) is 9.59 Å². The number of hydrogen-bond donors (Lipinski definition) is 2. The molecule has 0 fully saturated rings. The number of rotatable bonds is 6. The molecule has 1 unspecified atom stereocenters. The van der Waals surface area contributed by atoms with Crippen LogP contribution in [-0.2, 0) is 19.5 Å². The van der Waals surface area contributed by atoms with Crippen molar-refractivity contribution in [2.75, 3.05) is 6.79 Å². The first kappa shape index (κ1) is 19.3. The summed E-state index contributed by atoms with van der Waals surface area (Å²) >= 11 is 0. The Hall–Kier alpha value is -3.03. The fourth-order valence-electron chi connectivity index (χ4n) is 3.60. The lowest BCUT2D eigenvalue weighted by Gasteiger charge is -2.17. The number of ether oxygens (including phenoxy) is 2. The highest BCUT2D eigenvalue weighted by Gasteiger charge is 2.27. The number of carbonyl (C=O) groups is 2. The summed E-state index contributed by atoms with van der Waals surface area (Å²) in [4.78, 5) is 30.0. The predicted molar refractivity (Wildman–Crippen MR) is 106 cm³/mol. The first-order chi connectivity index (χ1) is 14.1. The number of fused-ring (bicyclic) bond motifs is 2. The van der Waals surface area contributed by atoms with E-state index < -0.39 is 0 Å². The van der Waals surface area contributed by atoms with E-state index in [1.807, 2.05) is 36.6 Å². The number of nitrogens with zero attached hydrogens (tertiary/aromatic N) is 2. The van der Waals surface area contributed by atoms with Crippen LogP contribution >= 0.6 is 0 Å². The maximum atomic E-state index is 12.9. The molecule has 8 heteroatoms. The Morgan fingerprint density at radius 1 is 1.21 bits per heavy atom. The van der Waals surface area contributed by atoms with Gasteiger partial charge in [0.25, 0.3) is 11.8 Å². The summed E-state index contributed by atoms with van der Waals surface area (Å²) < 4.78 is 12.6. The van der Waals surface area contributed by atoms with Crippen LogP contribution < -0.4 is 20.1 Å². The lowest BCUT2D eigenvalue weighted by molar-refractivity contribution is 0.0932. The van der Waals surface area contributed by atoms with Crippen molar-refractivity contribution in [1.82, 2.24) is 20.2 Å². The zero-order valence-corrected chi connectivity index (χ0v) is 16.8. The molecule has 154 valence electrons. The van der Waals surface area contributed by atoms with Gasteiger partial charge in [-0.2, -0.15) is 0 Å². The van der Waals surface area contributed by atoms with Crippen LogP contribution in [0.5, 0.6) is 11.5 Å². The molecule has 1 aromatic carbocycles. The van der Waals surface area contributed by atoms with Crippen molar-refractivity contribution in [3.63, 3.8) is 0 Å². The molecule has 0 aliphatic carbocycles. The van der Waals surface area contributed by atoms with E-state index in [1.165, 1.54) is 0 Å². The van der Waals surface area contributed by atoms with Gasteiger partial charge in [-0.3, -0.25) is 9.59 Å². The van der Waals surface area contributed by atoms with Gasteiger partial charge < -0.3 is 24.7 Å². The molecule has 1 aromatic heterocycles. The molecular weight excluding hydrogens is 372 g/mol. The summed E-state index contributed by atoms with van der Waals surface area (Å²) in [7, 11) is 0. The van der Waals surface area contributed by atoms with Gasteiger partial charge in [0, 0.05) is 19.1 Å². The second kappa shape index (κ2) is 8.14. The molecule has 0 saturated carbocycles. The number of nitrogens with one attached hydrogen (secondary N) is 2. The first-order valence-corrected chi connectivity index (χ1v) is 10.1. The summed E-state index contributed by atoms with van der Waals surface area (Å²) in [6.45, 7) is 5.23. The second-order valence-corrected chi connectivity index (χ2v) is 7.49. The van der Waals surface area contributed by atoms with Crippen LogP contribution in [-0.4, -0.2) is 34.2 Å². The van der Waals surface area contributed by atoms with Gasteiger partial charge >= 0.3 is 0 Å². The third-order valence-corrected chi connectivity index (χ3v) is 5.42. The summed E-state index contributed by atoms with van der Waals surface area (Å²) in [5.41, 5.74) is 2.13. The largest absolute Gasteiger partial charge is 0.454 e. The van der Waals surface area contributed by atoms with Gasteiger partial charge in [-0.15, -0.1) is 0 Å². The molecule has 1 atom stereocenters. The molecule has 2 amide bonds. The van der Waals surface area contributed by atoms with Crippen LogP contribution in [0.1, 0.15) is 65.5 Å². The molecular formula is C21H26N4O4. The highest BCUT2D eigenvalue weighted by atomic mass is 16.7. The molecule has 2 N–H and O–H groups in total. The van der Waals surface area contributed by atoms with E-state index in [-0.39, 0.29) is 24.6 Å². The van der Waals surface area contributed by atoms with E-state index in [2.05, 4.69) is 15.6 Å². The van der Waals surface area contributed by atoms with Crippen LogP contribution in [0.3, 0.4) is 0 Å². The summed E-state index contributed by atoms with van der Waals surface area (Å²) in [6.07, 6.45) is 3.56. The highest BCUT2D eigenvalue weighted by Crippen LogP contribution is 2.32. The number of carbonyl (C=O) groups excluding carboxylic acids is 2. The minimum Gasteiger partial charge on any atom is -0.454 e. The molecule has 2 aliphatic rings. The summed E-state index contributed by atoms with van der Waals surface area (Å²) in [6, 6.07) is 5.64. The number of imidazole rings is 1. The lowest BCUT2D eigenvalue weighted by Crippen LogP contribution is -2.33.